The summed E-state index contributed by atoms with van der Waals surface area (Å²) in [7, 11) is 2.42. The van der Waals surface area contributed by atoms with Crippen LogP contribution in [0.2, 0.25) is 0 Å². The van der Waals surface area contributed by atoms with Gasteiger partial charge in [0.2, 0.25) is 0 Å². The normalized spacial score (nSPS) is 13.6. The van der Waals surface area contributed by atoms with E-state index >= 15 is 0 Å². The second kappa shape index (κ2) is 9.73. The zero-order chi connectivity index (χ0) is 20.7. The van der Waals surface area contributed by atoms with Gasteiger partial charge in [0.05, 0.1) is 31.6 Å². The van der Waals surface area contributed by atoms with Crippen molar-refractivity contribution in [2.45, 2.75) is 32.8 Å². The number of allylic oxidation sites excluding steroid dienone is 2. The van der Waals surface area contributed by atoms with Crippen molar-refractivity contribution in [3.8, 4) is 5.75 Å². The molecular formula is C21H24FNO5. The maximum atomic E-state index is 14.1. The van der Waals surface area contributed by atoms with Crippen LogP contribution in [-0.4, -0.2) is 32.3 Å². The van der Waals surface area contributed by atoms with Gasteiger partial charge in [-0.1, -0.05) is 19.9 Å². The third-order valence-electron chi connectivity index (χ3n) is 4.27. The van der Waals surface area contributed by atoms with E-state index in [4.69, 9.17) is 14.2 Å². The van der Waals surface area contributed by atoms with E-state index in [1.807, 2.05) is 13.8 Å². The molecule has 7 heteroatoms. The molecule has 0 amide bonds. The first kappa shape index (κ1) is 21.2. The summed E-state index contributed by atoms with van der Waals surface area (Å²) in [5, 5.41) is 0. The van der Waals surface area contributed by atoms with Gasteiger partial charge >= 0.3 is 11.9 Å². The number of anilines is 1. The molecule has 1 aliphatic heterocycles. The molecule has 2 rings (SSSR count). The van der Waals surface area contributed by atoms with Crippen LogP contribution in [0.3, 0.4) is 0 Å². The van der Waals surface area contributed by atoms with Gasteiger partial charge in [-0.15, -0.1) is 0 Å². The number of ether oxygens (including phenoxy) is 3. The Bertz CT molecular complexity index is 824. The van der Waals surface area contributed by atoms with Crippen LogP contribution >= 0.6 is 0 Å². The smallest absolute Gasteiger partial charge is 0.355 e. The number of rotatable bonds is 7. The van der Waals surface area contributed by atoms with Crippen molar-refractivity contribution in [1.29, 1.82) is 0 Å². The predicted octanol–water partition coefficient (Wildman–Crippen LogP) is 3.88. The third kappa shape index (κ3) is 4.60. The Morgan fingerprint density at radius 1 is 1.07 bits per heavy atom. The summed E-state index contributed by atoms with van der Waals surface area (Å²) >= 11 is 0. The summed E-state index contributed by atoms with van der Waals surface area (Å²) in [5.74, 6) is -1.62. The third-order valence-corrected chi connectivity index (χ3v) is 4.27. The molecule has 0 unspecified atom stereocenters. The van der Waals surface area contributed by atoms with E-state index in [0.717, 1.165) is 12.8 Å². The average molecular weight is 389 g/mol. The lowest BCUT2D eigenvalue weighted by Crippen LogP contribution is -2.28. The molecule has 0 aromatic heterocycles. The number of halogens is 1. The molecule has 1 aliphatic rings. The fraction of sp³-hybridized carbons (Fsp3) is 0.333. The molecule has 28 heavy (non-hydrogen) atoms. The summed E-state index contributed by atoms with van der Waals surface area (Å²) in [6.07, 6.45) is 7.61. The molecule has 1 heterocycles. The molecule has 1 aromatic rings. The lowest BCUT2D eigenvalue weighted by Gasteiger charge is -2.26. The Balaban J connectivity index is 2.67. The number of carbonyl (C=O) groups is 2. The van der Waals surface area contributed by atoms with Crippen molar-refractivity contribution in [2.75, 3.05) is 19.1 Å². The minimum atomic E-state index is -0.769. The summed E-state index contributed by atoms with van der Waals surface area (Å²) in [6, 6.07) is 4.02. The van der Waals surface area contributed by atoms with Gasteiger partial charge in [0.25, 0.3) is 0 Å². The number of nitrogens with zero attached hydrogens (tertiary/aromatic N) is 1. The standard InChI is InChI=1S/C21H24FNO5/c1-5-15(6-2)28-18-11-10-14(22)13-17(18)23-12-8-7-9-16(20(24)26-3)19(23)21(25)27-4/h7-13,15H,5-6H2,1-4H3. The second-order valence-electron chi connectivity index (χ2n) is 5.98. The molecule has 6 nitrogen and oxygen atoms in total. The average Bonchev–Trinajstić information content (AvgIpc) is 2.94. The largest absolute Gasteiger partial charge is 0.488 e. The molecule has 0 aliphatic carbocycles. The number of methoxy groups -OCH3 is 2. The maximum absolute atomic E-state index is 14.1. The molecule has 0 spiro atoms. The molecule has 150 valence electrons. The van der Waals surface area contributed by atoms with E-state index < -0.39 is 17.8 Å². The highest BCUT2D eigenvalue weighted by molar-refractivity contribution is 6.05. The van der Waals surface area contributed by atoms with Gasteiger partial charge in [0, 0.05) is 12.3 Å². The molecule has 0 atom stereocenters. The lowest BCUT2D eigenvalue weighted by molar-refractivity contribution is -0.139. The van der Waals surface area contributed by atoms with Gasteiger partial charge in [-0.05, 0) is 37.1 Å². The molecule has 0 N–H and O–H groups in total. The fourth-order valence-corrected chi connectivity index (χ4v) is 2.76. The van der Waals surface area contributed by atoms with Crippen molar-refractivity contribution in [1.82, 2.24) is 0 Å². The minimum absolute atomic E-state index is 0.0166. The Morgan fingerprint density at radius 2 is 1.75 bits per heavy atom. The first-order chi connectivity index (χ1) is 13.5. The highest BCUT2D eigenvalue weighted by Gasteiger charge is 2.29. The van der Waals surface area contributed by atoms with Gasteiger partial charge in [-0.3, -0.25) is 0 Å². The van der Waals surface area contributed by atoms with Gasteiger partial charge in [-0.2, -0.15) is 0 Å². The van der Waals surface area contributed by atoms with Crippen LogP contribution < -0.4 is 9.64 Å². The van der Waals surface area contributed by atoms with E-state index in [2.05, 4.69) is 0 Å². The van der Waals surface area contributed by atoms with Crippen LogP contribution in [-0.2, 0) is 19.1 Å². The van der Waals surface area contributed by atoms with E-state index in [1.165, 1.54) is 49.6 Å². The molecule has 0 fully saturated rings. The Labute approximate surface area is 163 Å². The maximum Gasteiger partial charge on any atom is 0.355 e. The second-order valence-corrected chi connectivity index (χ2v) is 5.98. The van der Waals surface area contributed by atoms with E-state index in [-0.39, 0.29) is 23.1 Å². The fourth-order valence-electron chi connectivity index (χ4n) is 2.76. The van der Waals surface area contributed by atoms with Crippen LogP contribution in [0, 0.1) is 5.82 Å². The monoisotopic (exact) mass is 389 g/mol. The van der Waals surface area contributed by atoms with Crippen LogP contribution in [0.25, 0.3) is 0 Å². The van der Waals surface area contributed by atoms with Crippen LogP contribution in [0.5, 0.6) is 5.75 Å². The van der Waals surface area contributed by atoms with Crippen LogP contribution in [0.15, 0.2) is 53.9 Å². The number of hydrogen-bond acceptors (Lipinski definition) is 6. The highest BCUT2D eigenvalue weighted by Crippen LogP contribution is 2.35. The molecule has 0 saturated heterocycles. The van der Waals surface area contributed by atoms with Crippen LogP contribution in [0.4, 0.5) is 10.1 Å². The Morgan fingerprint density at radius 3 is 2.36 bits per heavy atom. The zero-order valence-corrected chi connectivity index (χ0v) is 16.4. The molecule has 0 saturated carbocycles. The summed E-state index contributed by atoms with van der Waals surface area (Å²) in [6.45, 7) is 3.98. The SMILES string of the molecule is CCC(CC)Oc1ccc(F)cc1N1C=CC=CC(C(=O)OC)=C1C(=O)OC. The van der Waals surface area contributed by atoms with Gasteiger partial charge in [0.1, 0.15) is 17.3 Å². The zero-order valence-electron chi connectivity index (χ0n) is 16.4. The topological polar surface area (TPSA) is 65.1 Å². The first-order valence-corrected chi connectivity index (χ1v) is 8.97. The number of hydrogen-bond donors (Lipinski definition) is 0. The Hall–Kier alpha value is -3.09. The van der Waals surface area contributed by atoms with E-state index in [1.54, 1.807) is 12.2 Å². The van der Waals surface area contributed by atoms with E-state index in [0.29, 0.717) is 5.75 Å². The number of carbonyl (C=O) groups excluding carboxylic acids is 2. The number of esters is 2. The van der Waals surface area contributed by atoms with Crippen molar-refractivity contribution in [3.63, 3.8) is 0 Å². The quantitative estimate of drug-likeness (QED) is 0.660. The van der Waals surface area contributed by atoms with Crippen molar-refractivity contribution < 1.29 is 28.2 Å². The van der Waals surface area contributed by atoms with Crippen LogP contribution in [0.1, 0.15) is 26.7 Å². The van der Waals surface area contributed by atoms with Gasteiger partial charge in [0.15, 0.2) is 0 Å². The summed E-state index contributed by atoms with van der Waals surface area (Å²) in [5.41, 5.74) is 0.157. The highest BCUT2D eigenvalue weighted by atomic mass is 19.1. The molecule has 1 aromatic carbocycles. The summed E-state index contributed by atoms with van der Waals surface area (Å²) < 4.78 is 29.8. The van der Waals surface area contributed by atoms with Crippen molar-refractivity contribution in [3.05, 3.63) is 59.7 Å². The molecule has 0 bridgehead atoms. The molecule has 0 radical (unpaired) electrons. The molecular weight excluding hydrogens is 365 g/mol. The summed E-state index contributed by atoms with van der Waals surface area (Å²) in [4.78, 5) is 26.2. The predicted molar refractivity (Wildman–Crippen MR) is 103 cm³/mol. The Kier molecular flexibility index (Phi) is 7.37. The van der Waals surface area contributed by atoms with Gasteiger partial charge in [-0.25, -0.2) is 14.0 Å². The van der Waals surface area contributed by atoms with Crippen molar-refractivity contribution in [2.24, 2.45) is 0 Å². The van der Waals surface area contributed by atoms with Crippen molar-refractivity contribution >= 4 is 17.6 Å². The lowest BCUT2D eigenvalue weighted by atomic mass is 10.1. The number of benzene rings is 1. The first-order valence-electron chi connectivity index (χ1n) is 8.97. The minimum Gasteiger partial charge on any atom is -0.488 e. The van der Waals surface area contributed by atoms with Gasteiger partial charge < -0.3 is 19.1 Å². The van der Waals surface area contributed by atoms with E-state index in [9.17, 15) is 14.0 Å².